The third-order valence-corrected chi connectivity index (χ3v) is 6.48. The Bertz CT molecular complexity index is 998. The summed E-state index contributed by atoms with van der Waals surface area (Å²) < 4.78 is 11.8. The normalized spacial score (nSPS) is 14.7. The summed E-state index contributed by atoms with van der Waals surface area (Å²) in [6.07, 6.45) is 8.77. The first-order chi connectivity index (χ1) is 14.2. The summed E-state index contributed by atoms with van der Waals surface area (Å²) >= 11 is 1.51. The quantitative estimate of drug-likeness (QED) is 0.582. The van der Waals surface area contributed by atoms with Gasteiger partial charge in [0.1, 0.15) is 11.5 Å². The van der Waals surface area contributed by atoms with E-state index in [1.165, 1.54) is 17.8 Å². The van der Waals surface area contributed by atoms with Crippen molar-refractivity contribution in [1.82, 2.24) is 9.97 Å². The van der Waals surface area contributed by atoms with Gasteiger partial charge in [0.05, 0.1) is 31.0 Å². The summed E-state index contributed by atoms with van der Waals surface area (Å²) in [5.74, 6) is 1.70. The minimum Gasteiger partial charge on any atom is -0.497 e. The third kappa shape index (κ3) is 4.19. The Kier molecular flexibility index (Phi) is 5.94. The highest BCUT2D eigenvalue weighted by Crippen LogP contribution is 2.35. The molecule has 0 unspecified atom stereocenters. The zero-order chi connectivity index (χ0) is 20.2. The number of amides is 1. The van der Waals surface area contributed by atoms with E-state index in [1.807, 2.05) is 29.2 Å². The van der Waals surface area contributed by atoms with E-state index in [1.54, 1.807) is 26.6 Å². The van der Waals surface area contributed by atoms with E-state index in [0.717, 1.165) is 53.0 Å². The first kappa shape index (κ1) is 19.6. The molecule has 6 nitrogen and oxygen atoms in total. The van der Waals surface area contributed by atoms with Crippen molar-refractivity contribution in [3.63, 3.8) is 0 Å². The van der Waals surface area contributed by atoms with Crippen molar-refractivity contribution in [2.24, 2.45) is 5.92 Å². The predicted octanol–water partition coefficient (Wildman–Crippen LogP) is 4.82. The van der Waals surface area contributed by atoms with E-state index < -0.39 is 0 Å². The lowest BCUT2D eigenvalue weighted by Gasteiger charge is -2.28. The van der Waals surface area contributed by atoms with E-state index in [0.29, 0.717) is 11.7 Å². The molecule has 0 saturated heterocycles. The van der Waals surface area contributed by atoms with Gasteiger partial charge in [-0.1, -0.05) is 30.6 Å². The highest BCUT2D eigenvalue weighted by molar-refractivity contribution is 7.22. The number of fused-ring (bicyclic) bond motifs is 1. The number of anilines is 1. The highest BCUT2D eigenvalue weighted by Gasteiger charge is 2.29. The molecule has 2 aromatic heterocycles. The van der Waals surface area contributed by atoms with Crippen molar-refractivity contribution in [3.05, 3.63) is 42.2 Å². The number of hydrogen-bond acceptors (Lipinski definition) is 6. The first-order valence-corrected chi connectivity index (χ1v) is 10.7. The van der Waals surface area contributed by atoms with Crippen LogP contribution >= 0.6 is 11.3 Å². The summed E-state index contributed by atoms with van der Waals surface area (Å²) in [4.78, 5) is 24.3. The molecule has 0 atom stereocenters. The zero-order valence-corrected chi connectivity index (χ0v) is 17.6. The lowest BCUT2D eigenvalue weighted by molar-refractivity contribution is -0.123. The molecule has 0 aliphatic heterocycles. The van der Waals surface area contributed by atoms with Gasteiger partial charge < -0.3 is 9.47 Å². The van der Waals surface area contributed by atoms with Crippen LogP contribution in [0.2, 0.25) is 0 Å². The lowest BCUT2D eigenvalue weighted by Crippen LogP contribution is -2.36. The molecule has 4 rings (SSSR count). The number of carbonyl (C=O) groups is 1. The molecule has 3 aromatic rings. The Morgan fingerprint density at radius 3 is 2.76 bits per heavy atom. The fourth-order valence-electron chi connectivity index (χ4n) is 3.85. The van der Waals surface area contributed by atoms with Gasteiger partial charge in [0.25, 0.3) is 0 Å². The number of carbonyl (C=O) groups excluding carboxylic acids is 1. The monoisotopic (exact) mass is 411 g/mol. The van der Waals surface area contributed by atoms with Crippen LogP contribution in [0.5, 0.6) is 11.5 Å². The van der Waals surface area contributed by atoms with Crippen LogP contribution in [-0.2, 0) is 11.3 Å². The molecule has 2 heterocycles. The van der Waals surface area contributed by atoms with Gasteiger partial charge in [-0.25, -0.2) is 4.98 Å². The number of aromatic nitrogens is 2. The van der Waals surface area contributed by atoms with Crippen molar-refractivity contribution >= 4 is 32.6 Å². The number of rotatable bonds is 6. The molecule has 29 heavy (non-hydrogen) atoms. The fourth-order valence-corrected chi connectivity index (χ4v) is 4.85. The van der Waals surface area contributed by atoms with Crippen molar-refractivity contribution < 1.29 is 14.3 Å². The molecule has 0 bridgehead atoms. The van der Waals surface area contributed by atoms with E-state index in [2.05, 4.69) is 4.98 Å². The average molecular weight is 412 g/mol. The van der Waals surface area contributed by atoms with Crippen LogP contribution in [0.3, 0.4) is 0 Å². The Hall–Kier alpha value is -2.67. The number of ether oxygens (including phenoxy) is 2. The molecule has 1 fully saturated rings. The summed E-state index contributed by atoms with van der Waals surface area (Å²) in [5, 5.41) is 0.703. The molecule has 1 aliphatic rings. The number of benzene rings is 1. The van der Waals surface area contributed by atoms with Crippen molar-refractivity contribution in [3.8, 4) is 11.5 Å². The molecule has 0 radical (unpaired) electrons. The Morgan fingerprint density at radius 1 is 1.17 bits per heavy atom. The Labute approximate surface area is 174 Å². The van der Waals surface area contributed by atoms with Crippen molar-refractivity contribution in [1.29, 1.82) is 0 Å². The molecule has 7 heteroatoms. The number of pyridine rings is 1. The maximum atomic E-state index is 13.5. The van der Waals surface area contributed by atoms with Crippen LogP contribution < -0.4 is 14.4 Å². The van der Waals surface area contributed by atoms with Crippen LogP contribution in [0.4, 0.5) is 5.13 Å². The second-order valence-electron chi connectivity index (χ2n) is 7.28. The van der Waals surface area contributed by atoms with E-state index >= 15 is 0 Å². The van der Waals surface area contributed by atoms with Crippen LogP contribution in [0.25, 0.3) is 10.2 Å². The average Bonchev–Trinajstić information content (AvgIpc) is 3.20. The van der Waals surface area contributed by atoms with Gasteiger partial charge >= 0.3 is 0 Å². The summed E-state index contributed by atoms with van der Waals surface area (Å²) in [7, 11) is 3.28. The topological polar surface area (TPSA) is 64.6 Å². The number of thiazole rings is 1. The van der Waals surface area contributed by atoms with Crippen LogP contribution in [0.1, 0.15) is 37.7 Å². The molecule has 0 spiro atoms. The van der Waals surface area contributed by atoms with E-state index in [4.69, 9.17) is 14.5 Å². The minimum absolute atomic E-state index is 0.0490. The van der Waals surface area contributed by atoms with Gasteiger partial charge in [-0.3, -0.25) is 14.7 Å². The van der Waals surface area contributed by atoms with Crippen molar-refractivity contribution in [2.75, 3.05) is 19.1 Å². The van der Waals surface area contributed by atoms with Crippen LogP contribution in [0.15, 0.2) is 36.7 Å². The van der Waals surface area contributed by atoms with Gasteiger partial charge in [0.2, 0.25) is 5.91 Å². The molecule has 1 aliphatic carbocycles. The summed E-state index contributed by atoms with van der Waals surface area (Å²) in [5.41, 5.74) is 1.74. The Morgan fingerprint density at radius 2 is 2.00 bits per heavy atom. The molecule has 1 amide bonds. The van der Waals surface area contributed by atoms with Crippen LogP contribution in [0, 0.1) is 5.92 Å². The smallest absolute Gasteiger partial charge is 0.232 e. The molecule has 1 saturated carbocycles. The maximum absolute atomic E-state index is 13.5. The molecular formula is C22H25N3O3S. The predicted molar refractivity (Wildman–Crippen MR) is 115 cm³/mol. The second-order valence-corrected chi connectivity index (χ2v) is 8.29. The zero-order valence-electron chi connectivity index (χ0n) is 16.8. The molecular weight excluding hydrogens is 386 g/mol. The SMILES string of the molecule is COc1ccc2nc(N(Cc3cnccc3OC)C(=O)C3CCCCC3)sc2c1. The summed E-state index contributed by atoms with van der Waals surface area (Å²) in [6, 6.07) is 7.61. The van der Waals surface area contributed by atoms with Gasteiger partial charge in [0.15, 0.2) is 5.13 Å². The first-order valence-electron chi connectivity index (χ1n) is 9.92. The van der Waals surface area contributed by atoms with Gasteiger partial charge in [-0.15, -0.1) is 0 Å². The second kappa shape index (κ2) is 8.78. The van der Waals surface area contributed by atoms with Crippen LogP contribution in [-0.4, -0.2) is 30.1 Å². The van der Waals surface area contributed by atoms with Gasteiger partial charge in [0, 0.05) is 23.9 Å². The number of hydrogen-bond donors (Lipinski definition) is 0. The number of methoxy groups -OCH3 is 2. The molecule has 152 valence electrons. The highest BCUT2D eigenvalue weighted by atomic mass is 32.1. The van der Waals surface area contributed by atoms with Gasteiger partial charge in [-0.2, -0.15) is 0 Å². The largest absolute Gasteiger partial charge is 0.497 e. The summed E-state index contributed by atoms with van der Waals surface area (Å²) in [6.45, 7) is 0.392. The molecule has 0 N–H and O–H groups in total. The standard InChI is InChI=1S/C22H25N3O3S/c1-27-17-8-9-18-20(12-17)29-22(24-18)25(21(26)15-6-4-3-5-7-15)14-16-13-23-11-10-19(16)28-2/h8-13,15H,3-7,14H2,1-2H3. The Balaban J connectivity index is 1.71. The third-order valence-electron chi connectivity index (χ3n) is 5.44. The van der Waals surface area contributed by atoms with Crippen molar-refractivity contribution in [2.45, 2.75) is 38.6 Å². The lowest BCUT2D eigenvalue weighted by atomic mass is 9.88. The molecule has 1 aromatic carbocycles. The maximum Gasteiger partial charge on any atom is 0.232 e. The van der Waals surface area contributed by atoms with E-state index in [9.17, 15) is 4.79 Å². The number of nitrogens with zero attached hydrogens (tertiary/aromatic N) is 3. The van der Waals surface area contributed by atoms with Gasteiger partial charge in [-0.05, 0) is 37.1 Å². The van der Waals surface area contributed by atoms with E-state index in [-0.39, 0.29) is 11.8 Å². The minimum atomic E-state index is 0.0490. The fraction of sp³-hybridized carbons (Fsp3) is 0.409.